The van der Waals surface area contributed by atoms with Crippen LogP contribution in [0.2, 0.25) is 0 Å². The summed E-state index contributed by atoms with van der Waals surface area (Å²) < 4.78 is 7.22. The smallest absolute Gasteiger partial charge is 0.118 e. The monoisotopic (exact) mass is 216 g/mol. The Hall–Kier alpha value is -1.90. The van der Waals surface area contributed by atoms with Crippen LogP contribution in [0, 0.1) is 0 Å². The topological polar surface area (TPSA) is 40.2 Å². The third-order valence-corrected chi connectivity index (χ3v) is 2.72. The van der Waals surface area contributed by atoms with Crippen LogP contribution in [-0.2, 0) is 6.54 Å². The Morgan fingerprint density at radius 1 is 1.12 bits per heavy atom. The SMILES string of the molecule is CCn1c(N)ccc1-c1ccc(OC)cc1. The molecular weight excluding hydrogens is 200 g/mol. The van der Waals surface area contributed by atoms with Crippen LogP contribution >= 0.6 is 0 Å². The predicted octanol–water partition coefficient (Wildman–Crippen LogP) is 2.77. The van der Waals surface area contributed by atoms with Crippen molar-refractivity contribution in [2.24, 2.45) is 0 Å². The van der Waals surface area contributed by atoms with Gasteiger partial charge in [0.1, 0.15) is 11.6 Å². The number of benzene rings is 1. The summed E-state index contributed by atoms with van der Waals surface area (Å²) in [5, 5.41) is 0. The summed E-state index contributed by atoms with van der Waals surface area (Å²) in [6, 6.07) is 12.0. The van der Waals surface area contributed by atoms with Gasteiger partial charge in [-0.3, -0.25) is 0 Å². The van der Waals surface area contributed by atoms with Crippen LogP contribution in [0.25, 0.3) is 11.3 Å². The molecule has 0 saturated carbocycles. The molecule has 0 radical (unpaired) electrons. The summed E-state index contributed by atoms with van der Waals surface area (Å²) in [7, 11) is 1.67. The lowest BCUT2D eigenvalue weighted by atomic mass is 10.1. The number of nitrogens with two attached hydrogens (primary N) is 1. The molecule has 2 N–H and O–H groups in total. The fourth-order valence-electron chi connectivity index (χ4n) is 1.85. The van der Waals surface area contributed by atoms with Gasteiger partial charge in [0.2, 0.25) is 0 Å². The van der Waals surface area contributed by atoms with Gasteiger partial charge in [-0.15, -0.1) is 0 Å². The molecule has 0 aliphatic heterocycles. The van der Waals surface area contributed by atoms with Crippen molar-refractivity contribution in [1.82, 2.24) is 4.57 Å². The van der Waals surface area contributed by atoms with Gasteiger partial charge in [0, 0.05) is 12.2 Å². The first-order chi connectivity index (χ1) is 7.76. The molecule has 0 unspecified atom stereocenters. The fraction of sp³-hybridized carbons (Fsp3) is 0.231. The summed E-state index contributed by atoms with van der Waals surface area (Å²) >= 11 is 0. The minimum atomic E-state index is 0.799. The van der Waals surface area contributed by atoms with E-state index in [1.54, 1.807) is 7.11 Å². The van der Waals surface area contributed by atoms with Gasteiger partial charge >= 0.3 is 0 Å². The van der Waals surface area contributed by atoms with E-state index in [4.69, 9.17) is 10.5 Å². The quantitative estimate of drug-likeness (QED) is 0.857. The van der Waals surface area contributed by atoms with E-state index >= 15 is 0 Å². The largest absolute Gasteiger partial charge is 0.497 e. The highest BCUT2D eigenvalue weighted by Crippen LogP contribution is 2.25. The van der Waals surface area contributed by atoms with Crippen molar-refractivity contribution in [3.05, 3.63) is 36.4 Å². The zero-order valence-corrected chi connectivity index (χ0v) is 9.60. The van der Waals surface area contributed by atoms with E-state index in [2.05, 4.69) is 11.5 Å². The lowest BCUT2D eigenvalue weighted by molar-refractivity contribution is 0.415. The van der Waals surface area contributed by atoms with Crippen molar-refractivity contribution in [3.63, 3.8) is 0 Å². The van der Waals surface area contributed by atoms with Crippen molar-refractivity contribution >= 4 is 5.82 Å². The number of nitrogen functional groups attached to an aromatic ring is 1. The number of ether oxygens (including phenoxy) is 1. The van der Waals surface area contributed by atoms with Crippen LogP contribution in [0.1, 0.15) is 6.92 Å². The molecule has 1 aromatic heterocycles. The zero-order chi connectivity index (χ0) is 11.5. The standard InChI is InChI=1S/C13H16N2O/c1-3-15-12(8-9-13(15)14)10-4-6-11(16-2)7-5-10/h4-9H,3,14H2,1-2H3. The maximum Gasteiger partial charge on any atom is 0.118 e. The van der Waals surface area contributed by atoms with E-state index in [9.17, 15) is 0 Å². The molecule has 0 aliphatic rings. The molecule has 0 spiro atoms. The molecule has 0 saturated heterocycles. The second-order valence-electron chi connectivity index (χ2n) is 3.62. The number of methoxy groups -OCH3 is 1. The number of nitrogens with zero attached hydrogens (tertiary/aromatic N) is 1. The van der Waals surface area contributed by atoms with E-state index in [0.717, 1.165) is 29.4 Å². The Balaban J connectivity index is 2.42. The molecular formula is C13H16N2O. The van der Waals surface area contributed by atoms with Gasteiger partial charge in [-0.05, 0) is 48.9 Å². The van der Waals surface area contributed by atoms with E-state index < -0.39 is 0 Å². The first-order valence-corrected chi connectivity index (χ1v) is 5.35. The van der Waals surface area contributed by atoms with Crippen molar-refractivity contribution in [3.8, 4) is 17.0 Å². The van der Waals surface area contributed by atoms with Gasteiger partial charge < -0.3 is 15.0 Å². The van der Waals surface area contributed by atoms with Crippen LogP contribution in [0.3, 0.4) is 0 Å². The summed E-state index contributed by atoms with van der Waals surface area (Å²) in [4.78, 5) is 0. The number of aromatic nitrogens is 1. The number of hydrogen-bond acceptors (Lipinski definition) is 2. The predicted molar refractivity (Wildman–Crippen MR) is 66.5 cm³/mol. The van der Waals surface area contributed by atoms with Crippen LogP contribution in [-0.4, -0.2) is 11.7 Å². The minimum absolute atomic E-state index is 0.799. The van der Waals surface area contributed by atoms with E-state index in [0.29, 0.717) is 0 Å². The highest BCUT2D eigenvalue weighted by Gasteiger charge is 2.06. The lowest BCUT2D eigenvalue weighted by Crippen LogP contribution is -2.01. The van der Waals surface area contributed by atoms with Crippen LogP contribution < -0.4 is 10.5 Å². The first kappa shape index (κ1) is 10.6. The Morgan fingerprint density at radius 2 is 1.81 bits per heavy atom. The Kier molecular flexibility index (Phi) is 2.86. The van der Waals surface area contributed by atoms with Crippen LogP contribution in [0.4, 0.5) is 5.82 Å². The molecule has 0 atom stereocenters. The molecule has 0 bridgehead atoms. The highest BCUT2D eigenvalue weighted by atomic mass is 16.5. The van der Waals surface area contributed by atoms with Gasteiger partial charge in [-0.25, -0.2) is 0 Å². The molecule has 2 aromatic rings. The molecule has 16 heavy (non-hydrogen) atoms. The molecule has 3 nitrogen and oxygen atoms in total. The minimum Gasteiger partial charge on any atom is -0.497 e. The summed E-state index contributed by atoms with van der Waals surface area (Å²) in [6.45, 7) is 2.96. The summed E-state index contributed by atoms with van der Waals surface area (Å²) in [5.74, 6) is 1.67. The Bertz CT molecular complexity index is 471. The normalized spacial score (nSPS) is 10.4. The van der Waals surface area contributed by atoms with Gasteiger partial charge in [-0.2, -0.15) is 0 Å². The molecule has 1 heterocycles. The van der Waals surface area contributed by atoms with E-state index in [1.807, 2.05) is 36.4 Å². The molecule has 0 amide bonds. The average Bonchev–Trinajstić information content (AvgIpc) is 2.70. The molecule has 2 rings (SSSR count). The molecule has 0 aliphatic carbocycles. The van der Waals surface area contributed by atoms with Crippen molar-refractivity contribution in [2.75, 3.05) is 12.8 Å². The van der Waals surface area contributed by atoms with E-state index in [1.165, 1.54) is 0 Å². The van der Waals surface area contributed by atoms with Crippen molar-refractivity contribution in [1.29, 1.82) is 0 Å². The fourth-order valence-corrected chi connectivity index (χ4v) is 1.85. The maximum absolute atomic E-state index is 5.88. The maximum atomic E-state index is 5.88. The van der Waals surface area contributed by atoms with Crippen LogP contribution in [0.15, 0.2) is 36.4 Å². The van der Waals surface area contributed by atoms with Gasteiger partial charge in [0.25, 0.3) is 0 Å². The number of hydrogen-bond donors (Lipinski definition) is 1. The average molecular weight is 216 g/mol. The van der Waals surface area contributed by atoms with Crippen molar-refractivity contribution in [2.45, 2.75) is 13.5 Å². The molecule has 1 aromatic carbocycles. The Morgan fingerprint density at radius 3 is 2.38 bits per heavy atom. The third-order valence-electron chi connectivity index (χ3n) is 2.72. The zero-order valence-electron chi connectivity index (χ0n) is 9.60. The van der Waals surface area contributed by atoms with Gasteiger partial charge in [-0.1, -0.05) is 0 Å². The van der Waals surface area contributed by atoms with Gasteiger partial charge in [0.15, 0.2) is 0 Å². The Labute approximate surface area is 95.5 Å². The molecule has 3 heteroatoms. The number of anilines is 1. The first-order valence-electron chi connectivity index (χ1n) is 5.35. The molecule has 84 valence electrons. The third kappa shape index (κ3) is 1.76. The van der Waals surface area contributed by atoms with E-state index in [-0.39, 0.29) is 0 Å². The summed E-state index contributed by atoms with van der Waals surface area (Å²) in [6.07, 6.45) is 0. The van der Waals surface area contributed by atoms with Crippen LogP contribution in [0.5, 0.6) is 5.75 Å². The highest BCUT2D eigenvalue weighted by molar-refractivity contribution is 5.64. The van der Waals surface area contributed by atoms with Gasteiger partial charge in [0.05, 0.1) is 7.11 Å². The molecule has 0 fully saturated rings. The number of rotatable bonds is 3. The van der Waals surface area contributed by atoms with Crippen molar-refractivity contribution < 1.29 is 4.74 Å². The second-order valence-corrected chi connectivity index (χ2v) is 3.62. The lowest BCUT2D eigenvalue weighted by Gasteiger charge is -2.09. The second kappa shape index (κ2) is 4.31. The summed E-state index contributed by atoms with van der Waals surface area (Å²) in [5.41, 5.74) is 8.18.